The maximum atomic E-state index is 14.0. The highest BCUT2D eigenvalue weighted by molar-refractivity contribution is 7.79. The Bertz CT molecular complexity index is 967. The summed E-state index contributed by atoms with van der Waals surface area (Å²) in [6.07, 6.45) is 3.82. The first-order valence-electron chi connectivity index (χ1n) is 11.2. The lowest BCUT2D eigenvalue weighted by molar-refractivity contribution is -0.00619. The molecule has 1 atom stereocenters. The average molecular weight is 467 g/mol. The number of halogens is 2. The average Bonchev–Trinajstić information content (AvgIpc) is 3.15. The van der Waals surface area contributed by atoms with Gasteiger partial charge in [0, 0.05) is 23.6 Å². The van der Waals surface area contributed by atoms with Crippen molar-refractivity contribution in [2.24, 2.45) is 11.1 Å². The zero-order chi connectivity index (χ0) is 24.1. The van der Waals surface area contributed by atoms with Crippen LogP contribution < -0.4 is 16.7 Å². The molecule has 32 heavy (non-hydrogen) atoms. The van der Waals surface area contributed by atoms with Crippen LogP contribution in [0.4, 0.5) is 8.78 Å². The zero-order valence-electron chi connectivity index (χ0n) is 19.7. The van der Waals surface area contributed by atoms with Crippen molar-refractivity contribution in [1.29, 1.82) is 0 Å². The summed E-state index contributed by atoms with van der Waals surface area (Å²) in [5.41, 5.74) is 8.93. The predicted octanol–water partition coefficient (Wildman–Crippen LogP) is 4.61. The predicted molar refractivity (Wildman–Crippen MR) is 131 cm³/mol. The van der Waals surface area contributed by atoms with Crippen LogP contribution in [0.2, 0.25) is 0 Å². The maximum Gasteiger partial charge on any atom is 0.345 e. The number of aromatic nitrogens is 2. The first-order valence-corrected chi connectivity index (χ1v) is 12.1. The van der Waals surface area contributed by atoms with Crippen molar-refractivity contribution in [1.82, 2.24) is 15.3 Å². The van der Waals surface area contributed by atoms with Crippen LogP contribution in [-0.4, -0.2) is 29.3 Å². The molecular formula is C24H36F2N4OS. The van der Waals surface area contributed by atoms with Gasteiger partial charge in [-0.3, -0.25) is 0 Å². The molecule has 4 N–H and O–H groups in total. The van der Waals surface area contributed by atoms with E-state index in [0.29, 0.717) is 16.8 Å². The summed E-state index contributed by atoms with van der Waals surface area (Å²) in [7, 11) is 0. The van der Waals surface area contributed by atoms with Crippen LogP contribution in [0.1, 0.15) is 69.0 Å². The number of thiol groups is 1. The van der Waals surface area contributed by atoms with Crippen LogP contribution in [0.25, 0.3) is 11.3 Å². The van der Waals surface area contributed by atoms with E-state index in [2.05, 4.69) is 41.8 Å². The minimum absolute atomic E-state index is 0.0441. The molecule has 2 aromatic rings. The number of alkyl halides is 2. The van der Waals surface area contributed by atoms with Gasteiger partial charge in [0.1, 0.15) is 0 Å². The number of rotatable bonds is 1. The molecule has 2 aliphatic carbocycles. The van der Waals surface area contributed by atoms with E-state index >= 15 is 0 Å². The number of aromatic amines is 1. The lowest BCUT2D eigenvalue weighted by Gasteiger charge is -2.23. The summed E-state index contributed by atoms with van der Waals surface area (Å²) >= 11 is 3.53. The fraction of sp³-hybridized carbons (Fsp3) is 0.583. The molecule has 0 bridgehead atoms. The van der Waals surface area contributed by atoms with Crippen LogP contribution in [0.15, 0.2) is 23.0 Å². The van der Waals surface area contributed by atoms with Gasteiger partial charge in [0.15, 0.2) is 0 Å². The molecule has 0 radical (unpaired) electrons. The Morgan fingerprint density at radius 1 is 1.19 bits per heavy atom. The second-order valence-corrected chi connectivity index (χ2v) is 8.61. The Balaban J connectivity index is 0.000000394. The first-order chi connectivity index (χ1) is 15.2. The number of benzene rings is 1. The van der Waals surface area contributed by atoms with Crippen LogP contribution in [0.3, 0.4) is 0 Å². The molecule has 0 saturated carbocycles. The van der Waals surface area contributed by atoms with Gasteiger partial charge >= 0.3 is 5.69 Å². The standard InChI is InChI=1S/C18H19F2N3O.C3H7N.C2H6.CH4S/c1-17(2)8-10-7-9(3-4-11(10)14(17)21)13-12-5-6-18(19,20)15(12)23-16(24)22-13;1-2-4-3-1;2*1-2/h3-4,7,14H,5-6,8,21H2,1-2H3,(H,22,23,24);4H,1-3H2;1-2H3;2H,1H3. The lowest BCUT2D eigenvalue weighted by Crippen LogP contribution is -2.29. The molecule has 3 aliphatic rings. The summed E-state index contributed by atoms with van der Waals surface area (Å²) in [5, 5.41) is 3.11. The lowest BCUT2D eigenvalue weighted by atomic mass is 9.86. The number of fused-ring (bicyclic) bond motifs is 2. The SMILES string of the molecule is C1CNC1.CC.CC1(C)Cc2cc(-c3nc(=O)[nH]c4c3CCC4(F)F)ccc2C1N.CS. The topological polar surface area (TPSA) is 83.8 Å². The van der Waals surface area contributed by atoms with Crippen molar-refractivity contribution in [3.05, 3.63) is 51.1 Å². The van der Waals surface area contributed by atoms with Crippen LogP contribution in [0, 0.1) is 5.41 Å². The fourth-order valence-corrected chi connectivity index (χ4v) is 4.11. The van der Waals surface area contributed by atoms with Crippen molar-refractivity contribution in [2.75, 3.05) is 19.3 Å². The van der Waals surface area contributed by atoms with E-state index in [-0.39, 0.29) is 30.0 Å². The Morgan fingerprint density at radius 3 is 2.34 bits per heavy atom. The number of hydrogen-bond donors (Lipinski definition) is 4. The third kappa shape index (κ3) is 5.41. The molecule has 1 unspecified atom stereocenters. The molecule has 2 heterocycles. The third-order valence-electron chi connectivity index (χ3n) is 6.03. The van der Waals surface area contributed by atoms with Gasteiger partial charge in [-0.1, -0.05) is 39.8 Å². The molecule has 1 aliphatic heterocycles. The normalized spacial score (nSPS) is 20.7. The number of H-pyrrole nitrogens is 1. The second-order valence-electron chi connectivity index (χ2n) is 8.61. The van der Waals surface area contributed by atoms with Gasteiger partial charge in [-0.2, -0.15) is 26.4 Å². The Morgan fingerprint density at radius 2 is 1.78 bits per heavy atom. The molecule has 8 heteroatoms. The Kier molecular flexibility index (Phi) is 9.02. The van der Waals surface area contributed by atoms with Gasteiger partial charge in [-0.15, -0.1) is 0 Å². The minimum Gasteiger partial charge on any atom is -0.323 e. The molecule has 1 saturated heterocycles. The number of hydrogen-bond acceptors (Lipinski definition) is 5. The summed E-state index contributed by atoms with van der Waals surface area (Å²) < 4.78 is 27.9. The number of nitrogens with one attached hydrogen (secondary N) is 2. The van der Waals surface area contributed by atoms with E-state index in [1.165, 1.54) is 19.5 Å². The van der Waals surface area contributed by atoms with Crippen molar-refractivity contribution >= 4 is 12.6 Å². The van der Waals surface area contributed by atoms with Gasteiger partial charge < -0.3 is 16.0 Å². The molecular weight excluding hydrogens is 430 g/mol. The summed E-state index contributed by atoms with van der Waals surface area (Å²) in [5.74, 6) is -2.99. The summed E-state index contributed by atoms with van der Waals surface area (Å²) in [4.78, 5) is 18.0. The van der Waals surface area contributed by atoms with Crippen molar-refractivity contribution in [3.8, 4) is 11.3 Å². The molecule has 5 rings (SSSR count). The highest BCUT2D eigenvalue weighted by Crippen LogP contribution is 2.46. The van der Waals surface area contributed by atoms with Crippen molar-refractivity contribution in [2.45, 2.75) is 65.3 Å². The highest BCUT2D eigenvalue weighted by Gasteiger charge is 2.42. The van der Waals surface area contributed by atoms with E-state index < -0.39 is 11.6 Å². The quantitative estimate of drug-likeness (QED) is 0.463. The highest BCUT2D eigenvalue weighted by atomic mass is 32.1. The van der Waals surface area contributed by atoms with Gasteiger partial charge in [0.25, 0.3) is 5.92 Å². The molecule has 0 spiro atoms. The van der Waals surface area contributed by atoms with Crippen LogP contribution in [-0.2, 0) is 18.8 Å². The van der Waals surface area contributed by atoms with Gasteiger partial charge in [0.2, 0.25) is 0 Å². The van der Waals surface area contributed by atoms with E-state index in [9.17, 15) is 13.6 Å². The molecule has 0 amide bonds. The second kappa shape index (κ2) is 10.9. The Labute approximate surface area is 195 Å². The van der Waals surface area contributed by atoms with Gasteiger partial charge in [-0.25, -0.2) is 4.79 Å². The van der Waals surface area contributed by atoms with E-state index in [0.717, 1.165) is 17.5 Å². The zero-order valence-corrected chi connectivity index (χ0v) is 20.6. The Hall–Kier alpha value is -1.77. The molecule has 1 aromatic carbocycles. The molecule has 1 fully saturated rings. The molecule has 1 aromatic heterocycles. The number of nitrogens with two attached hydrogens (primary N) is 1. The van der Waals surface area contributed by atoms with E-state index in [4.69, 9.17) is 5.73 Å². The summed E-state index contributed by atoms with van der Waals surface area (Å²) in [6, 6.07) is 5.66. The first kappa shape index (κ1) is 26.5. The number of nitrogens with zero attached hydrogens (tertiary/aromatic N) is 1. The largest absolute Gasteiger partial charge is 0.345 e. The third-order valence-corrected chi connectivity index (χ3v) is 6.03. The molecule has 178 valence electrons. The van der Waals surface area contributed by atoms with E-state index in [1.807, 2.05) is 32.0 Å². The van der Waals surface area contributed by atoms with Gasteiger partial charge in [0.05, 0.1) is 11.4 Å². The van der Waals surface area contributed by atoms with Crippen molar-refractivity contribution < 1.29 is 8.78 Å². The van der Waals surface area contributed by atoms with Crippen molar-refractivity contribution in [3.63, 3.8) is 0 Å². The minimum atomic E-state index is -2.99. The fourth-order valence-electron chi connectivity index (χ4n) is 4.11. The smallest absolute Gasteiger partial charge is 0.323 e. The van der Waals surface area contributed by atoms with Gasteiger partial charge in [-0.05, 0) is 61.2 Å². The van der Waals surface area contributed by atoms with E-state index in [1.54, 1.807) is 6.26 Å². The van der Waals surface area contributed by atoms with Crippen LogP contribution >= 0.6 is 12.6 Å². The molecule has 5 nitrogen and oxygen atoms in total. The van der Waals surface area contributed by atoms with Crippen LogP contribution in [0.5, 0.6) is 0 Å². The maximum absolute atomic E-state index is 14.0. The summed E-state index contributed by atoms with van der Waals surface area (Å²) in [6.45, 7) is 10.7. The monoisotopic (exact) mass is 466 g/mol.